The fourth-order valence-corrected chi connectivity index (χ4v) is 2.57. The maximum atomic E-state index is 13.5. The number of carbonyl (C=O) groups excluding carboxylic acids is 1. The van der Waals surface area contributed by atoms with Gasteiger partial charge in [0.15, 0.2) is 0 Å². The molecule has 0 bridgehead atoms. The van der Waals surface area contributed by atoms with Crippen LogP contribution in [-0.2, 0) is 0 Å². The topological polar surface area (TPSA) is 70.4 Å². The number of halogens is 1. The Morgan fingerprint density at radius 2 is 2.30 bits per heavy atom. The molecular weight excluding hydrogens is 259 g/mol. The summed E-state index contributed by atoms with van der Waals surface area (Å²) < 4.78 is 13.5. The summed E-state index contributed by atoms with van der Waals surface area (Å²) in [5.74, 6) is 4.43. The van der Waals surface area contributed by atoms with Crippen molar-refractivity contribution in [1.82, 2.24) is 10.2 Å². The van der Waals surface area contributed by atoms with Gasteiger partial charge in [-0.1, -0.05) is 12.5 Å². The molecule has 0 aliphatic carbocycles. The van der Waals surface area contributed by atoms with Crippen LogP contribution in [0.1, 0.15) is 29.6 Å². The van der Waals surface area contributed by atoms with E-state index in [1.54, 1.807) is 6.07 Å². The highest BCUT2D eigenvalue weighted by atomic mass is 19.1. The number of hydrazine groups is 1. The number of benzene rings is 1. The number of likely N-dealkylation sites (N-methyl/N-ethyl adjacent to an activating group) is 1. The predicted molar refractivity (Wildman–Crippen MR) is 76.8 cm³/mol. The van der Waals surface area contributed by atoms with Gasteiger partial charge in [-0.15, -0.1) is 0 Å². The molecule has 110 valence electrons. The molecule has 1 unspecified atom stereocenters. The molecule has 1 aliphatic rings. The Morgan fingerprint density at radius 3 is 3.00 bits per heavy atom. The lowest BCUT2D eigenvalue weighted by atomic mass is 10.0. The molecule has 5 nitrogen and oxygen atoms in total. The molecule has 4 N–H and O–H groups in total. The molecule has 0 saturated carbocycles. The number of anilines is 1. The number of piperidine rings is 1. The third-order valence-electron chi connectivity index (χ3n) is 3.82. The zero-order valence-corrected chi connectivity index (χ0v) is 11.7. The van der Waals surface area contributed by atoms with Gasteiger partial charge in [-0.25, -0.2) is 4.39 Å². The molecule has 1 aliphatic heterocycles. The summed E-state index contributed by atoms with van der Waals surface area (Å²) >= 11 is 0. The van der Waals surface area contributed by atoms with Crippen LogP contribution < -0.4 is 16.6 Å². The number of nitrogens with one attached hydrogen (secondary N) is 2. The van der Waals surface area contributed by atoms with Crippen molar-refractivity contribution in [3.05, 3.63) is 29.6 Å². The quantitative estimate of drug-likeness (QED) is 0.575. The second-order valence-corrected chi connectivity index (χ2v) is 5.15. The number of hydrogen-bond donors (Lipinski definition) is 3. The smallest absolute Gasteiger partial charge is 0.253 e. The minimum atomic E-state index is -0.532. The van der Waals surface area contributed by atoms with Crippen LogP contribution in [0, 0.1) is 5.82 Å². The fraction of sp³-hybridized carbons (Fsp3) is 0.500. The zero-order valence-electron chi connectivity index (χ0n) is 11.7. The first-order valence-electron chi connectivity index (χ1n) is 6.87. The molecule has 1 aromatic carbocycles. The minimum absolute atomic E-state index is 0.0296. The third kappa shape index (κ3) is 3.26. The number of rotatable bonds is 4. The highest BCUT2D eigenvalue weighted by Gasteiger charge is 2.20. The van der Waals surface area contributed by atoms with Gasteiger partial charge in [0, 0.05) is 12.6 Å². The lowest BCUT2D eigenvalue weighted by Crippen LogP contribution is -2.44. The Morgan fingerprint density at radius 1 is 1.50 bits per heavy atom. The van der Waals surface area contributed by atoms with Crippen molar-refractivity contribution < 1.29 is 9.18 Å². The number of para-hydroxylation sites is 1. The van der Waals surface area contributed by atoms with Gasteiger partial charge in [-0.05, 0) is 38.6 Å². The van der Waals surface area contributed by atoms with Crippen LogP contribution in [0.3, 0.4) is 0 Å². The predicted octanol–water partition coefficient (Wildman–Crippen LogP) is 1.33. The Kier molecular flexibility index (Phi) is 4.92. The van der Waals surface area contributed by atoms with Crippen molar-refractivity contribution >= 4 is 11.6 Å². The number of nitrogen functional groups attached to an aromatic ring is 1. The third-order valence-corrected chi connectivity index (χ3v) is 3.82. The molecule has 0 radical (unpaired) electrons. The van der Waals surface area contributed by atoms with E-state index < -0.39 is 5.82 Å². The molecule has 1 aromatic rings. The highest BCUT2D eigenvalue weighted by molar-refractivity contribution is 5.99. The van der Waals surface area contributed by atoms with E-state index in [4.69, 9.17) is 5.84 Å². The second-order valence-electron chi connectivity index (χ2n) is 5.15. The SMILES string of the molecule is CN1CCCCC1CNC(=O)c1cccc(F)c1NN. The Labute approximate surface area is 118 Å². The van der Waals surface area contributed by atoms with Crippen molar-refractivity contribution in [1.29, 1.82) is 0 Å². The van der Waals surface area contributed by atoms with Gasteiger partial charge in [0.2, 0.25) is 0 Å². The van der Waals surface area contributed by atoms with E-state index in [2.05, 4.69) is 22.7 Å². The fourth-order valence-electron chi connectivity index (χ4n) is 2.57. The highest BCUT2D eigenvalue weighted by Crippen LogP contribution is 2.19. The van der Waals surface area contributed by atoms with E-state index in [0.29, 0.717) is 12.6 Å². The number of amides is 1. The molecule has 1 heterocycles. The summed E-state index contributed by atoms with van der Waals surface area (Å²) in [6.07, 6.45) is 3.45. The Balaban J connectivity index is 2.00. The van der Waals surface area contributed by atoms with Crippen LogP contribution in [0.15, 0.2) is 18.2 Å². The minimum Gasteiger partial charge on any atom is -0.350 e. The molecule has 1 fully saturated rings. The van der Waals surface area contributed by atoms with Gasteiger partial charge in [-0.2, -0.15) is 0 Å². The Hall–Kier alpha value is -1.66. The molecule has 0 spiro atoms. The summed E-state index contributed by atoms with van der Waals surface area (Å²) in [6.45, 7) is 1.62. The average Bonchev–Trinajstić information content (AvgIpc) is 2.46. The van der Waals surface area contributed by atoms with Crippen LogP contribution in [0.25, 0.3) is 0 Å². The largest absolute Gasteiger partial charge is 0.350 e. The zero-order chi connectivity index (χ0) is 14.5. The van der Waals surface area contributed by atoms with Crippen LogP contribution >= 0.6 is 0 Å². The maximum Gasteiger partial charge on any atom is 0.253 e. The van der Waals surface area contributed by atoms with E-state index in [1.807, 2.05) is 0 Å². The number of hydrogen-bond acceptors (Lipinski definition) is 4. The first kappa shape index (κ1) is 14.7. The van der Waals surface area contributed by atoms with Crippen LogP contribution in [-0.4, -0.2) is 37.0 Å². The molecule has 1 saturated heterocycles. The molecule has 0 aromatic heterocycles. The summed E-state index contributed by atoms with van der Waals surface area (Å²) in [5.41, 5.74) is 2.50. The number of nitrogens with two attached hydrogens (primary N) is 1. The number of carbonyl (C=O) groups is 1. The van der Waals surface area contributed by atoms with Crippen molar-refractivity contribution in [3.63, 3.8) is 0 Å². The normalized spacial score (nSPS) is 19.6. The standard InChI is InChI=1S/C14H21FN4O/c1-19-8-3-2-5-10(19)9-17-14(20)11-6-4-7-12(15)13(11)18-16/h4,6-7,10,18H,2-3,5,8-9,16H2,1H3,(H,17,20). The molecule has 20 heavy (non-hydrogen) atoms. The van der Waals surface area contributed by atoms with Gasteiger partial charge in [0.05, 0.1) is 11.3 Å². The lowest BCUT2D eigenvalue weighted by Gasteiger charge is -2.32. The maximum absolute atomic E-state index is 13.5. The van der Waals surface area contributed by atoms with Crippen molar-refractivity contribution in [2.75, 3.05) is 25.6 Å². The lowest BCUT2D eigenvalue weighted by molar-refractivity contribution is 0.0929. The van der Waals surface area contributed by atoms with E-state index in [1.165, 1.54) is 25.0 Å². The van der Waals surface area contributed by atoms with Gasteiger partial charge >= 0.3 is 0 Å². The molecule has 6 heteroatoms. The van der Waals surface area contributed by atoms with Gasteiger partial charge < -0.3 is 15.6 Å². The van der Waals surface area contributed by atoms with E-state index in [0.717, 1.165) is 13.0 Å². The van der Waals surface area contributed by atoms with Crippen molar-refractivity contribution in [2.45, 2.75) is 25.3 Å². The van der Waals surface area contributed by atoms with Crippen LogP contribution in [0.4, 0.5) is 10.1 Å². The number of likely N-dealkylation sites (tertiary alicyclic amines) is 1. The number of nitrogens with zero attached hydrogens (tertiary/aromatic N) is 1. The monoisotopic (exact) mass is 280 g/mol. The first-order chi connectivity index (χ1) is 9.63. The van der Waals surface area contributed by atoms with Gasteiger partial charge in [0.1, 0.15) is 5.82 Å². The van der Waals surface area contributed by atoms with E-state index in [-0.39, 0.29) is 17.2 Å². The van der Waals surface area contributed by atoms with E-state index in [9.17, 15) is 9.18 Å². The van der Waals surface area contributed by atoms with Gasteiger partial charge in [0.25, 0.3) is 5.91 Å². The second kappa shape index (κ2) is 6.67. The summed E-state index contributed by atoms with van der Waals surface area (Å²) in [5, 5.41) is 2.86. The van der Waals surface area contributed by atoms with E-state index >= 15 is 0 Å². The van der Waals surface area contributed by atoms with Crippen molar-refractivity contribution in [3.8, 4) is 0 Å². The van der Waals surface area contributed by atoms with Crippen LogP contribution in [0.2, 0.25) is 0 Å². The summed E-state index contributed by atoms with van der Waals surface area (Å²) in [7, 11) is 2.06. The molecule has 2 rings (SSSR count). The van der Waals surface area contributed by atoms with Gasteiger partial charge in [-0.3, -0.25) is 10.6 Å². The Bertz CT molecular complexity index is 480. The average molecular weight is 280 g/mol. The van der Waals surface area contributed by atoms with Crippen LogP contribution in [0.5, 0.6) is 0 Å². The molecular formula is C14H21FN4O. The summed E-state index contributed by atoms with van der Waals surface area (Å²) in [4.78, 5) is 14.4. The van der Waals surface area contributed by atoms with Crippen molar-refractivity contribution in [2.24, 2.45) is 5.84 Å². The first-order valence-corrected chi connectivity index (χ1v) is 6.87. The molecule has 1 amide bonds. The molecule has 1 atom stereocenters. The summed E-state index contributed by atoms with van der Waals surface area (Å²) in [6, 6.07) is 4.66.